The summed E-state index contributed by atoms with van der Waals surface area (Å²) in [6.45, 7) is 9.41. The summed E-state index contributed by atoms with van der Waals surface area (Å²) in [6.07, 6.45) is 4.08. The van der Waals surface area contributed by atoms with Crippen LogP contribution in [0.2, 0.25) is 0 Å². The van der Waals surface area contributed by atoms with Crippen molar-refractivity contribution in [3.8, 4) is 0 Å². The van der Waals surface area contributed by atoms with Gasteiger partial charge in [-0.25, -0.2) is 0 Å². The summed E-state index contributed by atoms with van der Waals surface area (Å²) in [6, 6.07) is 2.97. The molecule has 19 heavy (non-hydrogen) atoms. The Morgan fingerprint density at radius 1 is 1.42 bits per heavy atom. The van der Waals surface area contributed by atoms with E-state index in [1.807, 2.05) is 0 Å². The van der Waals surface area contributed by atoms with Gasteiger partial charge >= 0.3 is 0 Å². The molecule has 1 fully saturated rings. The van der Waals surface area contributed by atoms with E-state index in [0.717, 1.165) is 37.2 Å². The summed E-state index contributed by atoms with van der Waals surface area (Å²) in [4.78, 5) is 2.42. The van der Waals surface area contributed by atoms with Gasteiger partial charge in [-0.05, 0) is 50.9 Å². The Bertz CT molecular complexity index is 393. The van der Waals surface area contributed by atoms with Gasteiger partial charge in [0.2, 0.25) is 0 Å². The molecule has 1 heterocycles. The zero-order valence-electron chi connectivity index (χ0n) is 12.8. The van der Waals surface area contributed by atoms with Gasteiger partial charge in [-0.1, -0.05) is 20.3 Å². The van der Waals surface area contributed by atoms with Gasteiger partial charge in [-0.3, -0.25) is 4.90 Å². The molecule has 3 nitrogen and oxygen atoms in total. The van der Waals surface area contributed by atoms with Crippen molar-refractivity contribution in [3.05, 3.63) is 23.2 Å². The van der Waals surface area contributed by atoms with Crippen molar-refractivity contribution in [2.45, 2.75) is 59.2 Å². The largest absolute Gasteiger partial charge is 0.463 e. The highest BCUT2D eigenvalue weighted by Crippen LogP contribution is 2.25. The maximum Gasteiger partial charge on any atom is 0.120 e. The van der Waals surface area contributed by atoms with Gasteiger partial charge in [0.25, 0.3) is 0 Å². The topological polar surface area (TPSA) is 28.4 Å². The molecule has 1 aromatic heterocycles. The van der Waals surface area contributed by atoms with Crippen molar-refractivity contribution in [1.82, 2.24) is 10.2 Å². The van der Waals surface area contributed by atoms with Crippen molar-refractivity contribution in [2.24, 2.45) is 5.92 Å². The fourth-order valence-corrected chi connectivity index (χ4v) is 2.52. The fraction of sp³-hybridized carbons (Fsp3) is 0.750. The summed E-state index contributed by atoms with van der Waals surface area (Å²) >= 11 is 0. The predicted octanol–water partition coefficient (Wildman–Crippen LogP) is 3.32. The molecule has 1 saturated carbocycles. The smallest absolute Gasteiger partial charge is 0.120 e. The van der Waals surface area contributed by atoms with Gasteiger partial charge in [0.15, 0.2) is 0 Å². The first-order chi connectivity index (χ1) is 9.06. The maximum absolute atomic E-state index is 5.98. The number of hydrogen-bond acceptors (Lipinski definition) is 3. The van der Waals surface area contributed by atoms with Crippen LogP contribution in [0.4, 0.5) is 0 Å². The lowest BCUT2D eigenvalue weighted by molar-refractivity contribution is 0.142. The molecular formula is C16H28N2O. The Morgan fingerprint density at radius 3 is 2.74 bits per heavy atom. The van der Waals surface area contributed by atoms with Crippen LogP contribution in [0.3, 0.4) is 0 Å². The van der Waals surface area contributed by atoms with E-state index in [1.54, 1.807) is 0 Å². The van der Waals surface area contributed by atoms with Gasteiger partial charge in [0.1, 0.15) is 11.5 Å². The van der Waals surface area contributed by atoms with Crippen LogP contribution in [0.5, 0.6) is 0 Å². The number of nitrogens with zero attached hydrogens (tertiary/aromatic N) is 1. The molecule has 0 amide bonds. The molecule has 0 atom stereocenters. The SMILES string of the molecule is Cc1cc(CN(C)C2CCC2)oc1CNCC(C)C. The van der Waals surface area contributed by atoms with Gasteiger partial charge in [0.05, 0.1) is 13.1 Å². The zero-order valence-corrected chi connectivity index (χ0v) is 12.8. The minimum atomic E-state index is 0.680. The third-order valence-electron chi connectivity index (χ3n) is 4.01. The normalized spacial score (nSPS) is 16.3. The quantitative estimate of drug-likeness (QED) is 0.819. The summed E-state index contributed by atoms with van der Waals surface area (Å²) in [5, 5.41) is 3.45. The molecular weight excluding hydrogens is 236 g/mol. The van der Waals surface area contributed by atoms with Gasteiger partial charge in [0, 0.05) is 6.04 Å². The molecule has 108 valence electrons. The molecule has 2 rings (SSSR count). The first kappa shape index (κ1) is 14.6. The van der Waals surface area contributed by atoms with Crippen LogP contribution in [-0.2, 0) is 13.1 Å². The van der Waals surface area contributed by atoms with Crippen LogP contribution in [-0.4, -0.2) is 24.5 Å². The fourth-order valence-electron chi connectivity index (χ4n) is 2.52. The van der Waals surface area contributed by atoms with E-state index >= 15 is 0 Å². The Morgan fingerprint density at radius 2 is 2.16 bits per heavy atom. The number of rotatable bonds is 7. The molecule has 0 saturated heterocycles. The molecule has 3 heteroatoms. The van der Waals surface area contributed by atoms with Crippen LogP contribution < -0.4 is 5.32 Å². The molecule has 0 aliphatic heterocycles. The van der Waals surface area contributed by atoms with Crippen LogP contribution in [0, 0.1) is 12.8 Å². The highest BCUT2D eigenvalue weighted by molar-refractivity contribution is 5.20. The summed E-state index contributed by atoms with van der Waals surface area (Å²) in [7, 11) is 2.21. The zero-order chi connectivity index (χ0) is 13.8. The van der Waals surface area contributed by atoms with Crippen LogP contribution in [0.25, 0.3) is 0 Å². The van der Waals surface area contributed by atoms with E-state index in [4.69, 9.17) is 4.42 Å². The van der Waals surface area contributed by atoms with Crippen molar-refractivity contribution in [3.63, 3.8) is 0 Å². The summed E-state index contributed by atoms with van der Waals surface area (Å²) in [5.74, 6) is 2.88. The number of nitrogens with one attached hydrogen (secondary N) is 1. The Hall–Kier alpha value is -0.800. The number of furan rings is 1. The van der Waals surface area contributed by atoms with Gasteiger partial charge in [-0.2, -0.15) is 0 Å². The molecule has 0 bridgehead atoms. The van der Waals surface area contributed by atoms with Crippen LogP contribution in [0.15, 0.2) is 10.5 Å². The molecule has 0 aromatic carbocycles. The van der Waals surface area contributed by atoms with E-state index in [9.17, 15) is 0 Å². The summed E-state index contributed by atoms with van der Waals surface area (Å²) < 4.78 is 5.98. The molecule has 1 aliphatic rings. The third kappa shape index (κ3) is 4.08. The van der Waals surface area contributed by atoms with Gasteiger partial charge < -0.3 is 9.73 Å². The third-order valence-corrected chi connectivity index (χ3v) is 4.01. The lowest BCUT2D eigenvalue weighted by Gasteiger charge is -2.34. The number of aryl methyl sites for hydroxylation is 1. The van der Waals surface area contributed by atoms with Crippen LogP contribution >= 0.6 is 0 Å². The van der Waals surface area contributed by atoms with Crippen molar-refractivity contribution < 1.29 is 4.42 Å². The van der Waals surface area contributed by atoms with Gasteiger partial charge in [-0.15, -0.1) is 0 Å². The lowest BCUT2D eigenvalue weighted by atomic mass is 9.92. The minimum Gasteiger partial charge on any atom is -0.463 e. The van der Waals surface area contributed by atoms with E-state index in [0.29, 0.717) is 5.92 Å². The van der Waals surface area contributed by atoms with E-state index in [2.05, 4.69) is 44.1 Å². The number of hydrogen-bond donors (Lipinski definition) is 1. The Kier molecular flexibility index (Phi) is 5.06. The first-order valence-corrected chi connectivity index (χ1v) is 7.55. The molecule has 0 unspecified atom stereocenters. The average Bonchev–Trinajstić information content (AvgIpc) is 2.55. The van der Waals surface area contributed by atoms with Crippen molar-refractivity contribution in [1.29, 1.82) is 0 Å². The van der Waals surface area contributed by atoms with Crippen LogP contribution in [0.1, 0.15) is 50.2 Å². The second-order valence-corrected chi connectivity index (χ2v) is 6.34. The van der Waals surface area contributed by atoms with E-state index < -0.39 is 0 Å². The summed E-state index contributed by atoms with van der Waals surface area (Å²) in [5.41, 5.74) is 1.27. The highest BCUT2D eigenvalue weighted by atomic mass is 16.3. The molecule has 1 N–H and O–H groups in total. The predicted molar refractivity (Wildman–Crippen MR) is 79.1 cm³/mol. The standard InChI is InChI=1S/C16H28N2O/c1-12(2)9-17-10-16-13(3)8-15(19-16)11-18(4)14-6-5-7-14/h8,12,14,17H,5-7,9-11H2,1-4H3. The molecule has 1 aliphatic carbocycles. The minimum absolute atomic E-state index is 0.680. The molecule has 1 aromatic rings. The molecule has 0 spiro atoms. The maximum atomic E-state index is 5.98. The van der Waals surface area contributed by atoms with E-state index in [-0.39, 0.29) is 0 Å². The second-order valence-electron chi connectivity index (χ2n) is 6.34. The van der Waals surface area contributed by atoms with Crippen molar-refractivity contribution >= 4 is 0 Å². The second kappa shape index (κ2) is 6.58. The lowest BCUT2D eigenvalue weighted by Crippen LogP contribution is -2.36. The highest BCUT2D eigenvalue weighted by Gasteiger charge is 2.22. The van der Waals surface area contributed by atoms with E-state index in [1.165, 1.54) is 24.8 Å². The monoisotopic (exact) mass is 264 g/mol. The molecule has 0 radical (unpaired) electrons. The Labute approximate surface area is 117 Å². The average molecular weight is 264 g/mol. The Balaban J connectivity index is 1.84. The van der Waals surface area contributed by atoms with Crippen molar-refractivity contribution in [2.75, 3.05) is 13.6 Å². The first-order valence-electron chi connectivity index (χ1n) is 7.55.